The van der Waals surface area contributed by atoms with E-state index in [9.17, 15) is 4.79 Å². The van der Waals surface area contributed by atoms with Crippen LogP contribution in [0.1, 0.15) is 6.92 Å². The van der Waals surface area contributed by atoms with Gasteiger partial charge in [-0.2, -0.15) is 0 Å². The van der Waals surface area contributed by atoms with E-state index in [-0.39, 0.29) is 11.2 Å². The number of carbonyl (C=O) groups is 1. The lowest BCUT2D eigenvalue weighted by Gasteiger charge is -2.30. The molecular weight excluding hydrogens is 320 g/mol. The normalized spacial score (nSPS) is 15.8. The van der Waals surface area contributed by atoms with Gasteiger partial charge < -0.3 is 15.0 Å². The summed E-state index contributed by atoms with van der Waals surface area (Å²) in [7, 11) is 0. The van der Waals surface area contributed by atoms with Crippen molar-refractivity contribution in [2.45, 2.75) is 17.1 Å². The van der Waals surface area contributed by atoms with Crippen LogP contribution in [0.25, 0.3) is 0 Å². The summed E-state index contributed by atoms with van der Waals surface area (Å²) in [5.74, 6) is 0.0181. The standard InChI is InChI=1S/C19H22N2O2S/c1-15(24-16-7-3-2-4-8-16)19(22)20-17-9-5-6-10-18(17)21-11-13-23-14-12-21/h2-10,15H,11-14H2,1H3,(H,20,22). The Morgan fingerprint density at radius 3 is 2.50 bits per heavy atom. The largest absolute Gasteiger partial charge is 0.378 e. The minimum absolute atomic E-state index is 0.0181. The van der Waals surface area contributed by atoms with Gasteiger partial charge in [-0.05, 0) is 31.2 Å². The molecule has 1 fully saturated rings. The van der Waals surface area contributed by atoms with Crippen LogP contribution < -0.4 is 10.2 Å². The second kappa shape index (κ2) is 8.22. The first-order valence-electron chi connectivity index (χ1n) is 8.18. The highest BCUT2D eigenvalue weighted by atomic mass is 32.2. The fraction of sp³-hybridized carbons (Fsp3) is 0.316. The Morgan fingerprint density at radius 2 is 1.75 bits per heavy atom. The SMILES string of the molecule is CC(Sc1ccccc1)C(=O)Nc1ccccc1N1CCOCC1. The molecule has 1 aliphatic rings. The number of nitrogens with zero attached hydrogens (tertiary/aromatic N) is 1. The average Bonchev–Trinajstić information content (AvgIpc) is 2.63. The molecule has 1 N–H and O–H groups in total. The quantitative estimate of drug-likeness (QED) is 0.842. The number of rotatable bonds is 5. The molecule has 0 spiro atoms. The molecule has 1 aliphatic heterocycles. The second-order valence-electron chi connectivity index (χ2n) is 5.68. The lowest BCUT2D eigenvalue weighted by atomic mass is 10.2. The van der Waals surface area contributed by atoms with E-state index >= 15 is 0 Å². The lowest BCUT2D eigenvalue weighted by Crippen LogP contribution is -2.37. The summed E-state index contributed by atoms with van der Waals surface area (Å²) in [6, 6.07) is 18.0. The molecule has 1 atom stereocenters. The first-order valence-corrected chi connectivity index (χ1v) is 9.06. The maximum Gasteiger partial charge on any atom is 0.237 e. The topological polar surface area (TPSA) is 41.6 Å². The molecule has 24 heavy (non-hydrogen) atoms. The van der Waals surface area contributed by atoms with Gasteiger partial charge in [0.05, 0.1) is 29.8 Å². The van der Waals surface area contributed by atoms with E-state index in [1.807, 2.05) is 55.5 Å². The van der Waals surface area contributed by atoms with E-state index in [4.69, 9.17) is 4.74 Å². The predicted molar refractivity (Wildman–Crippen MR) is 99.9 cm³/mol. The van der Waals surface area contributed by atoms with E-state index in [2.05, 4.69) is 16.3 Å². The van der Waals surface area contributed by atoms with Crippen LogP contribution in [-0.2, 0) is 9.53 Å². The summed E-state index contributed by atoms with van der Waals surface area (Å²) >= 11 is 1.57. The van der Waals surface area contributed by atoms with Crippen LogP contribution in [0.15, 0.2) is 59.5 Å². The number of thioether (sulfide) groups is 1. The van der Waals surface area contributed by atoms with Crippen molar-refractivity contribution in [3.05, 3.63) is 54.6 Å². The number of morpholine rings is 1. The summed E-state index contributed by atoms with van der Waals surface area (Å²) in [6.07, 6.45) is 0. The zero-order valence-electron chi connectivity index (χ0n) is 13.8. The summed E-state index contributed by atoms with van der Waals surface area (Å²) in [5, 5.41) is 2.92. The Labute approximate surface area is 147 Å². The number of amides is 1. The Morgan fingerprint density at radius 1 is 1.08 bits per heavy atom. The molecule has 1 amide bonds. The first-order chi connectivity index (χ1) is 11.7. The highest BCUT2D eigenvalue weighted by Gasteiger charge is 2.19. The van der Waals surface area contributed by atoms with Gasteiger partial charge in [-0.3, -0.25) is 4.79 Å². The van der Waals surface area contributed by atoms with E-state index in [1.165, 1.54) is 0 Å². The van der Waals surface area contributed by atoms with Gasteiger partial charge in [-0.25, -0.2) is 0 Å². The number of nitrogens with one attached hydrogen (secondary N) is 1. The van der Waals surface area contributed by atoms with E-state index in [0.717, 1.165) is 42.6 Å². The number of benzene rings is 2. The molecule has 0 aromatic heterocycles. The van der Waals surface area contributed by atoms with Crippen molar-refractivity contribution < 1.29 is 9.53 Å². The van der Waals surface area contributed by atoms with Crippen LogP contribution in [-0.4, -0.2) is 37.5 Å². The van der Waals surface area contributed by atoms with E-state index in [1.54, 1.807) is 11.8 Å². The van der Waals surface area contributed by atoms with Crippen LogP contribution in [0.5, 0.6) is 0 Å². The highest BCUT2D eigenvalue weighted by molar-refractivity contribution is 8.00. The fourth-order valence-electron chi connectivity index (χ4n) is 2.65. The van der Waals surface area contributed by atoms with Crippen LogP contribution in [0, 0.1) is 0 Å². The van der Waals surface area contributed by atoms with Crippen molar-refractivity contribution in [1.29, 1.82) is 0 Å². The van der Waals surface area contributed by atoms with Gasteiger partial charge in [0.25, 0.3) is 0 Å². The molecule has 4 nitrogen and oxygen atoms in total. The van der Waals surface area contributed by atoms with E-state index < -0.39 is 0 Å². The molecule has 0 radical (unpaired) electrons. The number of hydrogen-bond acceptors (Lipinski definition) is 4. The highest BCUT2D eigenvalue weighted by Crippen LogP contribution is 2.28. The molecule has 5 heteroatoms. The molecule has 1 unspecified atom stereocenters. The number of hydrogen-bond donors (Lipinski definition) is 1. The van der Waals surface area contributed by atoms with Gasteiger partial charge in [0.1, 0.15) is 0 Å². The summed E-state index contributed by atoms with van der Waals surface area (Å²) < 4.78 is 5.41. The maximum atomic E-state index is 12.6. The summed E-state index contributed by atoms with van der Waals surface area (Å²) in [5.41, 5.74) is 1.93. The maximum absolute atomic E-state index is 12.6. The van der Waals surface area contributed by atoms with Gasteiger partial charge in [0, 0.05) is 18.0 Å². The molecule has 126 valence electrons. The zero-order valence-corrected chi connectivity index (χ0v) is 14.6. The minimum Gasteiger partial charge on any atom is -0.378 e. The predicted octanol–water partition coefficient (Wildman–Crippen LogP) is 3.64. The number of carbonyl (C=O) groups excluding carboxylic acids is 1. The fourth-order valence-corrected chi connectivity index (χ4v) is 3.54. The molecule has 3 rings (SSSR count). The van der Waals surface area contributed by atoms with Crippen molar-refractivity contribution in [3.63, 3.8) is 0 Å². The Hall–Kier alpha value is -1.98. The minimum atomic E-state index is -0.162. The second-order valence-corrected chi connectivity index (χ2v) is 7.09. The third-order valence-corrected chi connectivity index (χ3v) is 5.05. The van der Waals surface area contributed by atoms with E-state index in [0.29, 0.717) is 0 Å². The van der Waals surface area contributed by atoms with Crippen LogP contribution in [0.3, 0.4) is 0 Å². The van der Waals surface area contributed by atoms with Crippen LogP contribution in [0.2, 0.25) is 0 Å². The number of ether oxygens (including phenoxy) is 1. The molecule has 2 aromatic rings. The van der Waals surface area contributed by atoms with Crippen molar-refractivity contribution in [1.82, 2.24) is 0 Å². The van der Waals surface area contributed by atoms with Crippen molar-refractivity contribution >= 4 is 29.0 Å². The van der Waals surface area contributed by atoms with Crippen molar-refractivity contribution in [3.8, 4) is 0 Å². The third-order valence-electron chi connectivity index (χ3n) is 3.94. The zero-order chi connectivity index (χ0) is 16.8. The molecule has 0 saturated carbocycles. The third kappa shape index (κ3) is 4.30. The molecule has 1 heterocycles. The summed E-state index contributed by atoms with van der Waals surface area (Å²) in [6.45, 7) is 5.08. The molecule has 2 aromatic carbocycles. The smallest absolute Gasteiger partial charge is 0.237 e. The van der Waals surface area contributed by atoms with Crippen LogP contribution >= 0.6 is 11.8 Å². The number of anilines is 2. The summed E-state index contributed by atoms with van der Waals surface area (Å²) in [4.78, 5) is 15.9. The number of para-hydroxylation sites is 2. The monoisotopic (exact) mass is 342 g/mol. The van der Waals surface area contributed by atoms with Gasteiger partial charge in [0.2, 0.25) is 5.91 Å². The first kappa shape index (κ1) is 16.9. The Bertz CT molecular complexity index is 672. The lowest BCUT2D eigenvalue weighted by molar-refractivity contribution is -0.115. The van der Waals surface area contributed by atoms with Gasteiger partial charge in [-0.1, -0.05) is 30.3 Å². The molecule has 0 aliphatic carbocycles. The van der Waals surface area contributed by atoms with Crippen molar-refractivity contribution in [2.24, 2.45) is 0 Å². The molecule has 0 bridgehead atoms. The van der Waals surface area contributed by atoms with Gasteiger partial charge >= 0.3 is 0 Å². The molecule has 1 saturated heterocycles. The van der Waals surface area contributed by atoms with Crippen LogP contribution in [0.4, 0.5) is 11.4 Å². The van der Waals surface area contributed by atoms with Gasteiger partial charge in [-0.15, -0.1) is 11.8 Å². The Balaban J connectivity index is 1.67. The average molecular weight is 342 g/mol. The molecular formula is C19H22N2O2S. The van der Waals surface area contributed by atoms with Gasteiger partial charge in [0.15, 0.2) is 0 Å². The Kier molecular flexibility index (Phi) is 5.77. The van der Waals surface area contributed by atoms with Crippen molar-refractivity contribution in [2.75, 3.05) is 36.5 Å².